The van der Waals surface area contributed by atoms with Gasteiger partial charge in [0, 0.05) is 5.02 Å². The Morgan fingerprint density at radius 3 is 2.44 bits per heavy atom. The van der Waals surface area contributed by atoms with Gasteiger partial charge in [-0.25, -0.2) is 4.90 Å². The molecule has 6 heteroatoms. The lowest BCUT2D eigenvalue weighted by Gasteiger charge is -2.12. The SMILES string of the molecule is C#CCOc1ccc(/C=C2\SC(=O)N(c3ccc(Cl)cc3)C2=O)cc1. The average molecular weight is 370 g/mol. The van der Waals surface area contributed by atoms with E-state index in [4.69, 9.17) is 22.8 Å². The van der Waals surface area contributed by atoms with E-state index in [0.717, 1.165) is 22.2 Å². The van der Waals surface area contributed by atoms with Gasteiger partial charge in [-0.15, -0.1) is 6.42 Å². The number of ether oxygens (including phenoxy) is 1. The molecule has 3 rings (SSSR count). The summed E-state index contributed by atoms with van der Waals surface area (Å²) in [6, 6.07) is 13.7. The van der Waals surface area contributed by atoms with Gasteiger partial charge < -0.3 is 4.74 Å². The number of benzene rings is 2. The van der Waals surface area contributed by atoms with Crippen LogP contribution in [0.3, 0.4) is 0 Å². The highest BCUT2D eigenvalue weighted by Gasteiger charge is 2.36. The number of hydrogen-bond acceptors (Lipinski definition) is 4. The third-order valence-corrected chi connectivity index (χ3v) is 4.50. The summed E-state index contributed by atoms with van der Waals surface area (Å²) >= 11 is 6.75. The van der Waals surface area contributed by atoms with E-state index in [2.05, 4.69) is 5.92 Å². The Bertz CT molecular complexity index is 882. The first-order valence-corrected chi connectivity index (χ1v) is 8.48. The standard InChI is InChI=1S/C19H12ClNO3S/c1-2-11-24-16-9-3-13(4-10-16)12-17-18(22)21(19(23)25-17)15-7-5-14(20)6-8-15/h1,3-10,12H,11H2/b17-12-. The van der Waals surface area contributed by atoms with Crippen molar-refractivity contribution >= 4 is 46.3 Å². The molecule has 0 bridgehead atoms. The van der Waals surface area contributed by atoms with Crippen LogP contribution in [-0.2, 0) is 4.79 Å². The van der Waals surface area contributed by atoms with Crippen LogP contribution in [0.25, 0.3) is 6.08 Å². The molecule has 0 saturated carbocycles. The number of terminal acetylenes is 1. The molecule has 1 fully saturated rings. The second kappa shape index (κ2) is 7.47. The summed E-state index contributed by atoms with van der Waals surface area (Å²) in [6.45, 7) is 0.194. The van der Waals surface area contributed by atoms with Gasteiger partial charge >= 0.3 is 0 Å². The molecular weight excluding hydrogens is 358 g/mol. The van der Waals surface area contributed by atoms with Crippen molar-refractivity contribution in [2.45, 2.75) is 0 Å². The minimum Gasteiger partial charge on any atom is -0.481 e. The Balaban J connectivity index is 1.80. The van der Waals surface area contributed by atoms with Crippen molar-refractivity contribution in [2.75, 3.05) is 11.5 Å². The molecule has 2 aromatic carbocycles. The Morgan fingerprint density at radius 1 is 1.12 bits per heavy atom. The molecule has 1 aliphatic rings. The normalized spacial score (nSPS) is 15.5. The molecule has 0 aromatic heterocycles. The molecule has 0 N–H and O–H groups in total. The maximum absolute atomic E-state index is 12.6. The summed E-state index contributed by atoms with van der Waals surface area (Å²) in [6.07, 6.45) is 6.82. The molecule has 1 heterocycles. The van der Waals surface area contributed by atoms with Gasteiger partial charge in [-0.2, -0.15) is 0 Å². The van der Waals surface area contributed by atoms with Crippen LogP contribution in [0.5, 0.6) is 5.75 Å². The molecule has 4 nitrogen and oxygen atoms in total. The highest BCUT2D eigenvalue weighted by molar-refractivity contribution is 8.19. The molecule has 1 saturated heterocycles. The Labute approximate surface area is 154 Å². The van der Waals surface area contributed by atoms with Gasteiger partial charge in [0.15, 0.2) is 0 Å². The molecule has 0 spiro atoms. The maximum atomic E-state index is 12.6. The summed E-state index contributed by atoms with van der Waals surface area (Å²) in [5, 5.41) is 0.200. The first-order valence-electron chi connectivity index (χ1n) is 7.28. The zero-order chi connectivity index (χ0) is 17.8. The van der Waals surface area contributed by atoms with E-state index in [9.17, 15) is 9.59 Å². The lowest BCUT2D eigenvalue weighted by atomic mass is 10.2. The van der Waals surface area contributed by atoms with Gasteiger partial charge in [-0.3, -0.25) is 9.59 Å². The van der Waals surface area contributed by atoms with Crippen molar-refractivity contribution in [2.24, 2.45) is 0 Å². The average Bonchev–Trinajstić information content (AvgIpc) is 2.89. The van der Waals surface area contributed by atoms with Gasteiger partial charge in [0.05, 0.1) is 10.6 Å². The van der Waals surface area contributed by atoms with Gasteiger partial charge in [0.2, 0.25) is 0 Å². The lowest BCUT2D eigenvalue weighted by Crippen LogP contribution is -2.27. The first kappa shape index (κ1) is 17.2. The van der Waals surface area contributed by atoms with Gasteiger partial charge in [-0.1, -0.05) is 29.7 Å². The van der Waals surface area contributed by atoms with E-state index in [1.165, 1.54) is 0 Å². The minimum absolute atomic E-state index is 0.194. The third kappa shape index (κ3) is 3.87. The predicted octanol–water partition coefficient (Wildman–Crippen LogP) is 4.59. The summed E-state index contributed by atoms with van der Waals surface area (Å²) in [4.78, 5) is 26.2. The van der Waals surface area contributed by atoms with Crippen LogP contribution in [0, 0.1) is 12.3 Å². The van der Waals surface area contributed by atoms with Crippen LogP contribution in [-0.4, -0.2) is 17.8 Å². The zero-order valence-corrected chi connectivity index (χ0v) is 14.5. The number of thioether (sulfide) groups is 1. The lowest BCUT2D eigenvalue weighted by molar-refractivity contribution is -0.113. The van der Waals surface area contributed by atoms with Crippen molar-refractivity contribution in [3.63, 3.8) is 0 Å². The largest absolute Gasteiger partial charge is 0.481 e. The van der Waals surface area contributed by atoms with Crippen LogP contribution in [0.4, 0.5) is 10.5 Å². The fourth-order valence-corrected chi connectivity index (χ4v) is 3.18. The van der Waals surface area contributed by atoms with Crippen LogP contribution in [0.1, 0.15) is 5.56 Å². The predicted molar refractivity (Wildman–Crippen MR) is 101 cm³/mol. The molecule has 1 aliphatic heterocycles. The van der Waals surface area contributed by atoms with E-state index in [0.29, 0.717) is 21.4 Å². The molecule has 0 unspecified atom stereocenters. The second-order valence-corrected chi connectivity index (χ2v) is 6.48. The number of hydrogen-bond donors (Lipinski definition) is 0. The van der Waals surface area contributed by atoms with Crippen molar-refractivity contribution in [3.8, 4) is 18.1 Å². The van der Waals surface area contributed by atoms with E-state index in [1.54, 1.807) is 54.6 Å². The summed E-state index contributed by atoms with van der Waals surface area (Å²) in [5.41, 5.74) is 1.28. The number of rotatable bonds is 4. The quantitative estimate of drug-likeness (QED) is 0.584. The number of carbonyl (C=O) groups excluding carboxylic acids is 2. The van der Waals surface area contributed by atoms with E-state index < -0.39 is 0 Å². The van der Waals surface area contributed by atoms with Crippen molar-refractivity contribution in [3.05, 3.63) is 64.0 Å². The minimum atomic E-state index is -0.356. The molecule has 0 aliphatic carbocycles. The fraction of sp³-hybridized carbons (Fsp3) is 0.0526. The zero-order valence-electron chi connectivity index (χ0n) is 12.9. The number of carbonyl (C=O) groups is 2. The smallest absolute Gasteiger partial charge is 0.298 e. The van der Waals surface area contributed by atoms with E-state index in [1.807, 2.05) is 0 Å². The Kier molecular flexibility index (Phi) is 5.13. The monoisotopic (exact) mass is 369 g/mol. The molecule has 124 valence electrons. The van der Waals surface area contributed by atoms with Gasteiger partial charge in [-0.05, 0) is 59.8 Å². The number of halogens is 1. The first-order chi connectivity index (χ1) is 12.1. The molecule has 2 amide bonds. The number of imide groups is 1. The third-order valence-electron chi connectivity index (χ3n) is 3.38. The van der Waals surface area contributed by atoms with Crippen LogP contribution >= 0.6 is 23.4 Å². The summed E-state index contributed by atoms with van der Waals surface area (Å²) in [7, 11) is 0. The van der Waals surface area contributed by atoms with Crippen LogP contribution < -0.4 is 9.64 Å². The Morgan fingerprint density at radius 2 is 1.80 bits per heavy atom. The van der Waals surface area contributed by atoms with Gasteiger partial charge in [0.25, 0.3) is 11.1 Å². The summed E-state index contributed by atoms with van der Waals surface area (Å²) in [5.74, 6) is 2.68. The number of nitrogens with zero attached hydrogens (tertiary/aromatic N) is 1. The molecule has 0 radical (unpaired) electrons. The van der Waals surface area contributed by atoms with E-state index in [-0.39, 0.29) is 17.8 Å². The van der Waals surface area contributed by atoms with Crippen molar-refractivity contribution < 1.29 is 14.3 Å². The van der Waals surface area contributed by atoms with Gasteiger partial charge in [0.1, 0.15) is 12.4 Å². The highest BCUT2D eigenvalue weighted by Crippen LogP contribution is 2.36. The Hall–Kier alpha value is -2.68. The second-order valence-electron chi connectivity index (χ2n) is 5.06. The number of amides is 2. The maximum Gasteiger partial charge on any atom is 0.298 e. The number of anilines is 1. The molecule has 0 atom stereocenters. The van der Waals surface area contributed by atoms with E-state index >= 15 is 0 Å². The fourth-order valence-electron chi connectivity index (χ4n) is 2.22. The highest BCUT2D eigenvalue weighted by atomic mass is 35.5. The molecular formula is C19H12ClNO3S. The van der Waals surface area contributed by atoms with Crippen LogP contribution in [0.15, 0.2) is 53.4 Å². The summed E-state index contributed by atoms with van der Waals surface area (Å²) < 4.78 is 5.30. The molecule has 2 aromatic rings. The topological polar surface area (TPSA) is 46.6 Å². The van der Waals surface area contributed by atoms with Crippen LogP contribution in [0.2, 0.25) is 5.02 Å². The molecule has 25 heavy (non-hydrogen) atoms. The van der Waals surface area contributed by atoms with Crippen molar-refractivity contribution in [1.82, 2.24) is 0 Å². The van der Waals surface area contributed by atoms with Crippen molar-refractivity contribution in [1.29, 1.82) is 0 Å².